The van der Waals surface area contributed by atoms with Crippen LogP contribution in [0.3, 0.4) is 0 Å². The number of rotatable bonds is 5. The molecule has 0 saturated heterocycles. The summed E-state index contributed by atoms with van der Waals surface area (Å²) >= 11 is 1.31. The number of carbonyl (C=O) groups excluding carboxylic acids is 1. The van der Waals surface area contributed by atoms with E-state index >= 15 is 0 Å². The van der Waals surface area contributed by atoms with Crippen LogP contribution in [0.25, 0.3) is 10.6 Å². The molecule has 3 rings (SSSR count). The molecule has 7 heteroatoms. The van der Waals surface area contributed by atoms with Gasteiger partial charge >= 0.3 is 0 Å². The summed E-state index contributed by atoms with van der Waals surface area (Å²) in [6.07, 6.45) is 3.38. The Labute approximate surface area is 137 Å². The Morgan fingerprint density at radius 1 is 1.13 bits per heavy atom. The number of hydrogen-bond acceptors (Lipinski definition) is 6. The summed E-state index contributed by atoms with van der Waals surface area (Å²) in [5.41, 5.74) is 1.45. The van der Waals surface area contributed by atoms with Crippen molar-refractivity contribution in [2.24, 2.45) is 0 Å². The van der Waals surface area contributed by atoms with Crippen molar-refractivity contribution in [1.29, 1.82) is 0 Å². The smallest absolute Gasteiger partial charge is 0.257 e. The molecule has 3 aromatic rings. The summed E-state index contributed by atoms with van der Waals surface area (Å²) in [7, 11) is 0. The lowest BCUT2D eigenvalue weighted by atomic mass is 10.2. The molecular weight excluding hydrogens is 312 g/mol. The van der Waals surface area contributed by atoms with Crippen LogP contribution < -0.4 is 10.1 Å². The van der Waals surface area contributed by atoms with Crippen LogP contribution in [-0.2, 0) is 0 Å². The summed E-state index contributed by atoms with van der Waals surface area (Å²) in [5.74, 6) is 0.505. The first-order valence-electron chi connectivity index (χ1n) is 7.04. The Morgan fingerprint density at radius 2 is 1.87 bits per heavy atom. The molecule has 0 fully saturated rings. The highest BCUT2D eigenvalue weighted by Gasteiger charge is 2.11. The highest BCUT2D eigenvalue weighted by molar-refractivity contribution is 7.18. The van der Waals surface area contributed by atoms with E-state index in [4.69, 9.17) is 4.74 Å². The van der Waals surface area contributed by atoms with Crippen LogP contribution >= 0.6 is 11.3 Å². The minimum atomic E-state index is -0.231. The highest BCUT2D eigenvalue weighted by Crippen LogP contribution is 2.26. The van der Waals surface area contributed by atoms with Crippen LogP contribution in [-0.4, -0.2) is 27.7 Å². The zero-order valence-corrected chi connectivity index (χ0v) is 13.2. The van der Waals surface area contributed by atoms with E-state index in [0.29, 0.717) is 17.3 Å². The highest BCUT2D eigenvalue weighted by atomic mass is 32.1. The molecule has 0 spiro atoms. The maximum absolute atomic E-state index is 12.2. The normalized spacial score (nSPS) is 10.3. The molecule has 0 saturated carbocycles. The third kappa shape index (κ3) is 3.70. The zero-order chi connectivity index (χ0) is 16.1. The number of ether oxygens (including phenoxy) is 1. The number of carbonyl (C=O) groups is 1. The lowest BCUT2D eigenvalue weighted by molar-refractivity contribution is 0.102. The first-order valence-corrected chi connectivity index (χ1v) is 7.86. The third-order valence-corrected chi connectivity index (χ3v) is 3.89. The van der Waals surface area contributed by atoms with Gasteiger partial charge in [0.2, 0.25) is 5.13 Å². The average Bonchev–Trinajstić information content (AvgIpc) is 3.05. The lowest BCUT2D eigenvalue weighted by Gasteiger charge is -2.04. The van der Waals surface area contributed by atoms with Gasteiger partial charge < -0.3 is 4.74 Å². The Bertz CT molecular complexity index is 787. The SMILES string of the molecule is CCOc1ccc(C(=O)Nc2nnc(-c3ccncc3)s2)cc1. The standard InChI is InChI=1S/C16H14N4O2S/c1-2-22-13-5-3-11(4-6-13)14(21)18-16-20-19-15(23-16)12-7-9-17-10-8-12/h3-10H,2H2,1H3,(H,18,20,21). The van der Waals surface area contributed by atoms with E-state index < -0.39 is 0 Å². The molecule has 0 radical (unpaired) electrons. The quantitative estimate of drug-likeness (QED) is 0.779. The van der Waals surface area contributed by atoms with Gasteiger partial charge in [-0.2, -0.15) is 0 Å². The van der Waals surface area contributed by atoms with Gasteiger partial charge in [0.25, 0.3) is 5.91 Å². The second-order valence-corrected chi connectivity index (χ2v) is 5.54. The molecule has 1 amide bonds. The van der Waals surface area contributed by atoms with Crippen LogP contribution in [0.5, 0.6) is 5.75 Å². The number of nitrogens with one attached hydrogen (secondary N) is 1. The van der Waals surface area contributed by atoms with Crippen LogP contribution in [0.15, 0.2) is 48.8 Å². The number of amides is 1. The summed E-state index contributed by atoms with van der Waals surface area (Å²) < 4.78 is 5.35. The average molecular weight is 326 g/mol. The fourth-order valence-electron chi connectivity index (χ4n) is 1.92. The molecule has 6 nitrogen and oxygen atoms in total. The maximum Gasteiger partial charge on any atom is 0.257 e. The zero-order valence-electron chi connectivity index (χ0n) is 12.4. The number of nitrogens with zero attached hydrogens (tertiary/aromatic N) is 3. The van der Waals surface area contributed by atoms with Gasteiger partial charge in [-0.25, -0.2) is 0 Å². The van der Waals surface area contributed by atoms with E-state index in [1.807, 2.05) is 19.1 Å². The molecule has 2 aromatic heterocycles. The number of pyridine rings is 1. The minimum absolute atomic E-state index is 0.231. The molecule has 23 heavy (non-hydrogen) atoms. The number of anilines is 1. The Kier molecular flexibility index (Phi) is 4.58. The second kappa shape index (κ2) is 6.97. The van der Waals surface area contributed by atoms with Crippen molar-refractivity contribution < 1.29 is 9.53 Å². The van der Waals surface area contributed by atoms with Gasteiger partial charge in [0.05, 0.1) is 6.61 Å². The van der Waals surface area contributed by atoms with E-state index in [-0.39, 0.29) is 5.91 Å². The van der Waals surface area contributed by atoms with Gasteiger partial charge in [-0.1, -0.05) is 11.3 Å². The van der Waals surface area contributed by atoms with Crippen LogP contribution in [0.2, 0.25) is 0 Å². The van der Waals surface area contributed by atoms with Crippen molar-refractivity contribution in [1.82, 2.24) is 15.2 Å². The topological polar surface area (TPSA) is 77.0 Å². The van der Waals surface area contributed by atoms with E-state index in [1.54, 1.807) is 36.7 Å². The predicted molar refractivity (Wildman–Crippen MR) is 88.7 cm³/mol. The molecule has 2 heterocycles. The van der Waals surface area contributed by atoms with Gasteiger partial charge in [-0.3, -0.25) is 15.1 Å². The van der Waals surface area contributed by atoms with Crippen molar-refractivity contribution in [3.63, 3.8) is 0 Å². The van der Waals surface area contributed by atoms with Gasteiger partial charge in [-0.15, -0.1) is 10.2 Å². The molecule has 116 valence electrons. The van der Waals surface area contributed by atoms with Crippen molar-refractivity contribution in [3.8, 4) is 16.3 Å². The predicted octanol–water partition coefficient (Wildman–Crippen LogP) is 3.25. The lowest BCUT2D eigenvalue weighted by Crippen LogP contribution is -2.11. The van der Waals surface area contributed by atoms with Gasteiger partial charge in [-0.05, 0) is 43.3 Å². The summed E-state index contributed by atoms with van der Waals surface area (Å²) in [4.78, 5) is 16.2. The molecule has 1 aromatic carbocycles. The van der Waals surface area contributed by atoms with Crippen molar-refractivity contribution in [2.75, 3.05) is 11.9 Å². The largest absolute Gasteiger partial charge is 0.494 e. The number of hydrogen-bond donors (Lipinski definition) is 1. The minimum Gasteiger partial charge on any atom is -0.494 e. The first kappa shape index (κ1) is 15.1. The maximum atomic E-state index is 12.2. The molecule has 0 bridgehead atoms. The monoisotopic (exact) mass is 326 g/mol. The van der Waals surface area contributed by atoms with Crippen molar-refractivity contribution >= 4 is 22.4 Å². The molecule has 1 N–H and O–H groups in total. The van der Waals surface area contributed by atoms with E-state index in [1.165, 1.54) is 11.3 Å². The van der Waals surface area contributed by atoms with Gasteiger partial charge in [0.15, 0.2) is 0 Å². The molecule has 0 aliphatic carbocycles. The molecule has 0 atom stereocenters. The third-order valence-electron chi connectivity index (χ3n) is 3.00. The second-order valence-electron chi connectivity index (χ2n) is 4.56. The fourth-order valence-corrected chi connectivity index (χ4v) is 2.67. The fraction of sp³-hybridized carbons (Fsp3) is 0.125. The van der Waals surface area contributed by atoms with Crippen LogP contribution in [0.1, 0.15) is 17.3 Å². The summed E-state index contributed by atoms with van der Waals surface area (Å²) in [5, 5.41) is 12.0. The van der Waals surface area contributed by atoms with E-state index in [9.17, 15) is 4.79 Å². The Hall–Kier alpha value is -2.80. The summed E-state index contributed by atoms with van der Waals surface area (Å²) in [6.45, 7) is 2.50. The molecule has 0 aliphatic heterocycles. The Morgan fingerprint density at radius 3 is 2.57 bits per heavy atom. The first-order chi connectivity index (χ1) is 11.3. The molecular formula is C16H14N4O2S. The molecule has 0 unspecified atom stereocenters. The van der Waals surface area contributed by atoms with Crippen LogP contribution in [0, 0.1) is 0 Å². The van der Waals surface area contributed by atoms with Gasteiger partial charge in [0, 0.05) is 23.5 Å². The number of aromatic nitrogens is 3. The van der Waals surface area contributed by atoms with Crippen molar-refractivity contribution in [2.45, 2.75) is 6.92 Å². The molecule has 0 aliphatic rings. The van der Waals surface area contributed by atoms with E-state index in [2.05, 4.69) is 20.5 Å². The van der Waals surface area contributed by atoms with E-state index in [0.717, 1.165) is 16.3 Å². The van der Waals surface area contributed by atoms with Crippen molar-refractivity contribution in [3.05, 3.63) is 54.4 Å². The van der Waals surface area contributed by atoms with Crippen LogP contribution in [0.4, 0.5) is 5.13 Å². The number of benzene rings is 1. The van der Waals surface area contributed by atoms with Gasteiger partial charge in [0.1, 0.15) is 10.8 Å². The Balaban J connectivity index is 1.69. The summed E-state index contributed by atoms with van der Waals surface area (Å²) in [6, 6.07) is 10.6.